The van der Waals surface area contributed by atoms with Crippen LogP contribution in [-0.2, 0) is 9.53 Å². The van der Waals surface area contributed by atoms with Gasteiger partial charge in [-0.3, -0.25) is 0 Å². The summed E-state index contributed by atoms with van der Waals surface area (Å²) in [5, 5.41) is 0. The molecule has 2 aromatic rings. The predicted octanol–water partition coefficient (Wildman–Crippen LogP) is 1.96. The second-order valence-electron chi connectivity index (χ2n) is 3.67. The van der Waals surface area contributed by atoms with E-state index in [4.69, 9.17) is 4.74 Å². The van der Waals surface area contributed by atoms with Gasteiger partial charge >= 0.3 is 5.97 Å². The molecule has 0 unspecified atom stereocenters. The highest BCUT2D eigenvalue weighted by Gasteiger charge is 2.19. The van der Waals surface area contributed by atoms with E-state index < -0.39 is 11.8 Å². The summed E-state index contributed by atoms with van der Waals surface area (Å²) in [5.74, 6) is -1.13. The first kappa shape index (κ1) is 12.9. The Kier molecular flexibility index (Phi) is 3.41. The lowest BCUT2D eigenvalue weighted by molar-refractivity contribution is -0.133. The summed E-state index contributed by atoms with van der Waals surface area (Å²) in [5.41, 5.74) is 0.487. The molecule has 0 aliphatic heterocycles. The molecule has 0 saturated carbocycles. The van der Waals surface area contributed by atoms with Crippen molar-refractivity contribution in [3.8, 4) is 5.88 Å². The first-order valence-electron chi connectivity index (χ1n) is 5.35. The van der Waals surface area contributed by atoms with Crippen molar-refractivity contribution in [1.82, 2.24) is 9.97 Å². The highest BCUT2D eigenvalue weighted by atomic mass is 19.1. The number of hydrogen-bond acceptors (Lipinski definition) is 5. The van der Waals surface area contributed by atoms with Crippen LogP contribution in [-0.4, -0.2) is 30.2 Å². The van der Waals surface area contributed by atoms with Gasteiger partial charge in [0, 0.05) is 0 Å². The maximum Gasteiger partial charge on any atom is 0.338 e. The summed E-state index contributed by atoms with van der Waals surface area (Å²) >= 11 is 0. The van der Waals surface area contributed by atoms with E-state index in [0.717, 1.165) is 0 Å². The summed E-state index contributed by atoms with van der Waals surface area (Å²) in [7, 11) is 2.62. The Bertz CT molecular complexity index is 670. The van der Waals surface area contributed by atoms with Gasteiger partial charge in [0.05, 0.1) is 37.1 Å². The van der Waals surface area contributed by atoms with Crippen LogP contribution in [0.4, 0.5) is 4.39 Å². The zero-order valence-electron chi connectivity index (χ0n) is 10.4. The minimum Gasteiger partial charge on any atom is -0.480 e. The zero-order chi connectivity index (χ0) is 14.0. The third-order valence-electron chi connectivity index (χ3n) is 2.58. The van der Waals surface area contributed by atoms with Crippen LogP contribution in [0.5, 0.6) is 5.88 Å². The smallest absolute Gasteiger partial charge is 0.338 e. The van der Waals surface area contributed by atoms with Crippen LogP contribution in [0.3, 0.4) is 0 Å². The quantitative estimate of drug-likeness (QED) is 0.625. The molecule has 19 heavy (non-hydrogen) atoms. The van der Waals surface area contributed by atoms with Gasteiger partial charge in [-0.2, -0.15) is 0 Å². The molecule has 0 aliphatic carbocycles. The average Bonchev–Trinajstić information content (AvgIpc) is 2.44. The van der Waals surface area contributed by atoms with Crippen LogP contribution >= 0.6 is 0 Å². The standard InChI is InChI=1S/C13H11FN2O3/c1-7(13(17)19-3)11-8(14)4-5-9-12(11)16-10(18-2)6-15-9/h4-6H,1H2,2-3H3. The van der Waals surface area contributed by atoms with Crippen molar-refractivity contribution in [3.05, 3.63) is 36.3 Å². The maximum atomic E-state index is 13.9. The summed E-state index contributed by atoms with van der Waals surface area (Å²) < 4.78 is 23.4. The topological polar surface area (TPSA) is 61.3 Å². The van der Waals surface area contributed by atoms with Crippen LogP contribution < -0.4 is 4.74 Å². The van der Waals surface area contributed by atoms with Gasteiger partial charge in [-0.05, 0) is 12.1 Å². The number of carbonyl (C=O) groups excluding carboxylic acids is 1. The van der Waals surface area contributed by atoms with E-state index >= 15 is 0 Å². The minimum atomic E-state index is -0.726. The van der Waals surface area contributed by atoms with Crippen molar-refractivity contribution in [2.45, 2.75) is 0 Å². The van der Waals surface area contributed by atoms with Gasteiger partial charge in [-0.1, -0.05) is 6.58 Å². The highest BCUT2D eigenvalue weighted by Crippen LogP contribution is 2.26. The Morgan fingerprint density at radius 3 is 2.74 bits per heavy atom. The normalized spacial score (nSPS) is 10.3. The molecule has 6 heteroatoms. The first-order valence-corrected chi connectivity index (χ1v) is 5.35. The molecule has 1 heterocycles. The van der Waals surface area contributed by atoms with E-state index in [2.05, 4.69) is 21.3 Å². The molecule has 1 aromatic heterocycles. The molecule has 0 amide bonds. The van der Waals surface area contributed by atoms with Gasteiger partial charge in [-0.15, -0.1) is 0 Å². The fourth-order valence-electron chi connectivity index (χ4n) is 1.65. The van der Waals surface area contributed by atoms with Crippen LogP contribution in [0.1, 0.15) is 5.56 Å². The number of nitrogens with zero attached hydrogens (tertiary/aromatic N) is 2. The zero-order valence-corrected chi connectivity index (χ0v) is 10.4. The van der Waals surface area contributed by atoms with E-state index in [9.17, 15) is 9.18 Å². The van der Waals surface area contributed by atoms with Crippen molar-refractivity contribution >= 4 is 22.6 Å². The summed E-state index contributed by atoms with van der Waals surface area (Å²) in [6.07, 6.45) is 1.41. The molecule has 0 spiro atoms. The van der Waals surface area contributed by atoms with Gasteiger partial charge in [0.15, 0.2) is 0 Å². The summed E-state index contributed by atoms with van der Waals surface area (Å²) in [6.45, 7) is 3.54. The largest absolute Gasteiger partial charge is 0.480 e. The van der Waals surface area contributed by atoms with Crippen molar-refractivity contribution in [1.29, 1.82) is 0 Å². The molecular weight excluding hydrogens is 251 g/mol. The Balaban J connectivity index is 2.73. The monoisotopic (exact) mass is 262 g/mol. The van der Waals surface area contributed by atoms with Gasteiger partial charge in [0.2, 0.25) is 5.88 Å². The molecule has 0 fully saturated rings. The van der Waals surface area contributed by atoms with Crippen molar-refractivity contribution in [2.75, 3.05) is 14.2 Å². The molecule has 0 N–H and O–H groups in total. The molecule has 0 radical (unpaired) electrons. The molecular formula is C13H11FN2O3. The second-order valence-corrected chi connectivity index (χ2v) is 3.67. The summed E-state index contributed by atoms with van der Waals surface area (Å²) in [4.78, 5) is 19.7. The molecule has 2 rings (SSSR count). The van der Waals surface area contributed by atoms with Gasteiger partial charge in [-0.25, -0.2) is 19.2 Å². The molecule has 1 aromatic carbocycles. The molecule has 5 nitrogen and oxygen atoms in total. The number of rotatable bonds is 3. The Morgan fingerprint density at radius 1 is 1.37 bits per heavy atom. The molecule has 0 aliphatic rings. The number of ether oxygens (including phenoxy) is 2. The van der Waals surface area contributed by atoms with Gasteiger partial charge in [0.25, 0.3) is 0 Å². The van der Waals surface area contributed by atoms with Crippen molar-refractivity contribution in [3.63, 3.8) is 0 Å². The maximum absolute atomic E-state index is 13.9. The average molecular weight is 262 g/mol. The fraction of sp³-hybridized carbons (Fsp3) is 0.154. The third-order valence-corrected chi connectivity index (χ3v) is 2.58. The molecule has 0 atom stereocenters. The fourth-order valence-corrected chi connectivity index (χ4v) is 1.65. The number of esters is 1. The van der Waals surface area contributed by atoms with Crippen LogP contribution in [0.2, 0.25) is 0 Å². The molecule has 0 saturated heterocycles. The summed E-state index contributed by atoms with van der Waals surface area (Å²) in [6, 6.07) is 2.66. The number of fused-ring (bicyclic) bond motifs is 1. The van der Waals surface area contributed by atoms with E-state index in [1.165, 1.54) is 32.5 Å². The Hall–Kier alpha value is -2.50. The number of hydrogen-bond donors (Lipinski definition) is 0. The number of halogens is 1. The number of methoxy groups -OCH3 is 2. The molecule has 0 bridgehead atoms. The van der Waals surface area contributed by atoms with E-state index in [-0.39, 0.29) is 22.5 Å². The second kappa shape index (κ2) is 5.01. The highest BCUT2D eigenvalue weighted by molar-refractivity contribution is 6.18. The minimum absolute atomic E-state index is 0.0317. The SMILES string of the molecule is C=C(C(=O)OC)c1c(F)ccc2ncc(OC)nc12. The lowest BCUT2D eigenvalue weighted by Crippen LogP contribution is -2.06. The lowest BCUT2D eigenvalue weighted by Gasteiger charge is -2.09. The first-order chi connectivity index (χ1) is 9.08. The van der Waals surface area contributed by atoms with Crippen molar-refractivity contribution < 1.29 is 18.7 Å². The Labute approximate surface area is 108 Å². The van der Waals surface area contributed by atoms with Crippen molar-refractivity contribution in [2.24, 2.45) is 0 Å². The number of aromatic nitrogens is 2. The van der Waals surface area contributed by atoms with E-state index in [0.29, 0.717) is 5.52 Å². The number of carbonyl (C=O) groups is 1. The van der Waals surface area contributed by atoms with Crippen LogP contribution in [0, 0.1) is 5.82 Å². The third kappa shape index (κ3) is 2.24. The van der Waals surface area contributed by atoms with E-state index in [1.54, 1.807) is 0 Å². The molecule has 98 valence electrons. The number of benzene rings is 1. The van der Waals surface area contributed by atoms with Gasteiger partial charge in [0.1, 0.15) is 11.3 Å². The van der Waals surface area contributed by atoms with Crippen LogP contribution in [0.25, 0.3) is 16.6 Å². The predicted molar refractivity (Wildman–Crippen MR) is 67.1 cm³/mol. The van der Waals surface area contributed by atoms with Crippen LogP contribution in [0.15, 0.2) is 24.9 Å². The lowest BCUT2D eigenvalue weighted by atomic mass is 10.0. The van der Waals surface area contributed by atoms with E-state index in [1.807, 2.05) is 0 Å². The Morgan fingerprint density at radius 2 is 2.11 bits per heavy atom. The van der Waals surface area contributed by atoms with Gasteiger partial charge < -0.3 is 9.47 Å².